The quantitative estimate of drug-likeness (QED) is 0.179. The van der Waals surface area contributed by atoms with Crippen molar-refractivity contribution in [1.29, 1.82) is 0 Å². The molecule has 0 fully saturated rings. The van der Waals surface area contributed by atoms with Gasteiger partial charge in [0.15, 0.2) is 0 Å². The molecular formula is C48H25N5S4. The van der Waals surface area contributed by atoms with Crippen LogP contribution in [-0.2, 0) is 0 Å². The van der Waals surface area contributed by atoms with Gasteiger partial charge in [-0.3, -0.25) is 4.57 Å². The number of fused-ring (bicyclic) bond motifs is 17. The van der Waals surface area contributed by atoms with Crippen LogP contribution in [0.4, 0.5) is 0 Å². The smallest absolute Gasteiger partial charge is 0.234 e. The molecule has 266 valence electrons. The van der Waals surface area contributed by atoms with Crippen molar-refractivity contribution in [1.82, 2.24) is 23.7 Å². The van der Waals surface area contributed by atoms with E-state index in [1.165, 1.54) is 92.0 Å². The molecule has 57 heavy (non-hydrogen) atoms. The second-order valence-corrected chi connectivity index (χ2v) is 18.8. The number of nitrogens with zero attached hydrogens (tertiary/aromatic N) is 5. The number of thiophene rings is 4. The largest absolute Gasteiger partial charge is 0.306 e. The molecule has 5 nitrogen and oxygen atoms in total. The van der Waals surface area contributed by atoms with E-state index < -0.39 is 0 Å². The van der Waals surface area contributed by atoms with Gasteiger partial charge in [-0.2, -0.15) is 0 Å². The molecule has 0 aliphatic rings. The van der Waals surface area contributed by atoms with E-state index in [0.29, 0.717) is 5.95 Å². The Morgan fingerprint density at radius 3 is 1.05 bits per heavy atom. The van der Waals surface area contributed by atoms with Crippen LogP contribution in [0, 0.1) is 0 Å². The normalized spacial score (nSPS) is 12.6. The molecule has 0 aliphatic heterocycles. The van der Waals surface area contributed by atoms with Gasteiger partial charge in [-0.05, 0) is 54.6 Å². The van der Waals surface area contributed by atoms with Gasteiger partial charge < -0.3 is 9.13 Å². The van der Waals surface area contributed by atoms with Gasteiger partial charge in [0.25, 0.3) is 0 Å². The fourth-order valence-electron chi connectivity index (χ4n) is 9.27. The van der Waals surface area contributed by atoms with Crippen molar-refractivity contribution >= 4 is 148 Å². The molecule has 0 aliphatic carbocycles. The Morgan fingerprint density at radius 1 is 0.333 bits per heavy atom. The summed E-state index contributed by atoms with van der Waals surface area (Å²) in [4.78, 5) is 9.76. The fraction of sp³-hybridized carbons (Fsp3) is 0. The van der Waals surface area contributed by atoms with Crippen LogP contribution >= 0.6 is 45.3 Å². The molecule has 0 spiro atoms. The van der Waals surface area contributed by atoms with Crippen LogP contribution in [0.15, 0.2) is 152 Å². The van der Waals surface area contributed by atoms with E-state index >= 15 is 0 Å². The summed E-state index contributed by atoms with van der Waals surface area (Å²) in [6.45, 7) is 0. The SMILES string of the molecule is c1cnc(-n2c3cc(-n4c5c6ccccc6sc5c5sc6ccccc6c54)ccc3c3ccc(-n4c5c6ccccc6sc5c5sc6ccccc6c54)cc32)nc1. The summed E-state index contributed by atoms with van der Waals surface area (Å²) in [6, 6.07) is 51.1. The van der Waals surface area contributed by atoms with E-state index in [9.17, 15) is 0 Å². The minimum atomic E-state index is 0.654. The molecule has 6 aromatic carbocycles. The summed E-state index contributed by atoms with van der Waals surface area (Å²) >= 11 is 7.59. The average Bonchev–Trinajstić information content (AvgIpc) is 4.12. The standard InChI is InChI=1S/C48H25N5S4/c1-5-14-36-30(10-1)40-44(54-36)45-41(31-11-2-6-15-37(31)55-45)51(40)26-18-20-28-29-21-19-27(25-35(29)53(34(28)24-26)48-49-22-9-23-50-48)52-42-32-12-3-7-16-38(32)56-46(42)47-43(52)33-13-4-8-17-39(33)57-47/h1-25H. The molecule has 0 N–H and O–H groups in total. The first kappa shape index (κ1) is 30.8. The highest BCUT2D eigenvalue weighted by molar-refractivity contribution is 7.34. The molecule has 9 heteroatoms. The third kappa shape index (κ3) is 4.01. The lowest BCUT2D eigenvalue weighted by atomic mass is 10.1. The first-order chi connectivity index (χ1) is 28.3. The van der Waals surface area contributed by atoms with Gasteiger partial charge in [-0.25, -0.2) is 9.97 Å². The van der Waals surface area contributed by atoms with E-state index in [-0.39, 0.29) is 0 Å². The molecule has 0 saturated carbocycles. The van der Waals surface area contributed by atoms with Crippen molar-refractivity contribution in [3.8, 4) is 17.3 Å². The highest BCUT2D eigenvalue weighted by atomic mass is 32.1. The molecule has 0 amide bonds. The maximum absolute atomic E-state index is 4.88. The number of hydrogen-bond donors (Lipinski definition) is 0. The molecule has 0 radical (unpaired) electrons. The van der Waals surface area contributed by atoms with Crippen LogP contribution in [0.25, 0.3) is 120 Å². The summed E-state index contributed by atoms with van der Waals surface area (Å²) in [6.07, 6.45) is 3.69. The maximum atomic E-state index is 4.88. The Balaban J connectivity index is 1.10. The number of rotatable bonds is 3. The van der Waals surface area contributed by atoms with Crippen LogP contribution in [0.1, 0.15) is 0 Å². The van der Waals surface area contributed by atoms with Crippen molar-refractivity contribution < 1.29 is 0 Å². The van der Waals surface area contributed by atoms with Crippen LogP contribution in [0.5, 0.6) is 0 Å². The van der Waals surface area contributed by atoms with Crippen molar-refractivity contribution in [2.45, 2.75) is 0 Å². The molecule has 14 aromatic rings. The first-order valence-corrected chi connectivity index (χ1v) is 22.1. The lowest BCUT2D eigenvalue weighted by Crippen LogP contribution is -2.01. The van der Waals surface area contributed by atoms with Crippen molar-refractivity contribution in [2.24, 2.45) is 0 Å². The van der Waals surface area contributed by atoms with Gasteiger partial charge in [0, 0.05) is 74.9 Å². The average molecular weight is 800 g/mol. The van der Waals surface area contributed by atoms with Crippen LogP contribution in [0.2, 0.25) is 0 Å². The topological polar surface area (TPSA) is 40.6 Å². The van der Waals surface area contributed by atoms with E-state index in [1.54, 1.807) is 0 Å². The lowest BCUT2D eigenvalue weighted by Gasteiger charge is -2.11. The third-order valence-electron chi connectivity index (χ3n) is 11.6. The molecular weight excluding hydrogens is 775 g/mol. The molecule has 0 unspecified atom stereocenters. The molecule has 14 rings (SSSR count). The molecule has 0 saturated heterocycles. The van der Waals surface area contributed by atoms with Crippen LogP contribution in [0.3, 0.4) is 0 Å². The minimum Gasteiger partial charge on any atom is -0.306 e. The maximum Gasteiger partial charge on any atom is 0.234 e. The van der Waals surface area contributed by atoms with Gasteiger partial charge >= 0.3 is 0 Å². The Bertz CT molecular complexity index is 3580. The summed E-state index contributed by atoms with van der Waals surface area (Å²) in [5.74, 6) is 0.654. The van der Waals surface area contributed by atoms with Gasteiger partial charge in [0.1, 0.15) is 0 Å². The summed E-state index contributed by atoms with van der Waals surface area (Å²) in [5.41, 5.74) is 9.48. The Morgan fingerprint density at radius 2 is 0.684 bits per heavy atom. The zero-order valence-corrected chi connectivity index (χ0v) is 33.1. The molecule has 0 bridgehead atoms. The number of hydrogen-bond acceptors (Lipinski definition) is 6. The Labute approximate surface area is 339 Å². The summed E-state index contributed by atoms with van der Waals surface area (Å²) in [7, 11) is 0. The molecule has 8 aromatic heterocycles. The van der Waals surface area contributed by atoms with Gasteiger partial charge in [0.05, 0.1) is 51.9 Å². The summed E-state index contributed by atoms with van der Waals surface area (Å²) in [5, 5.41) is 7.48. The zero-order valence-electron chi connectivity index (χ0n) is 29.8. The highest BCUT2D eigenvalue weighted by Crippen LogP contribution is 2.50. The van der Waals surface area contributed by atoms with Crippen LogP contribution in [-0.4, -0.2) is 23.7 Å². The second kappa shape index (κ2) is 11.1. The minimum absolute atomic E-state index is 0.654. The predicted molar refractivity (Wildman–Crippen MR) is 247 cm³/mol. The second-order valence-electron chi connectivity index (χ2n) is 14.6. The third-order valence-corrected chi connectivity index (χ3v) is 16.6. The predicted octanol–water partition coefficient (Wildman–Crippen LogP) is 14.6. The monoisotopic (exact) mass is 799 g/mol. The number of benzene rings is 6. The lowest BCUT2D eigenvalue weighted by molar-refractivity contribution is 0.986. The first-order valence-electron chi connectivity index (χ1n) is 18.8. The molecule has 0 atom stereocenters. The van der Waals surface area contributed by atoms with E-state index in [2.05, 4.69) is 147 Å². The van der Waals surface area contributed by atoms with Gasteiger partial charge in [-0.1, -0.05) is 84.9 Å². The van der Waals surface area contributed by atoms with Crippen LogP contribution < -0.4 is 0 Å². The van der Waals surface area contributed by atoms with Crippen molar-refractivity contribution in [2.75, 3.05) is 0 Å². The zero-order chi connectivity index (χ0) is 36.9. The highest BCUT2D eigenvalue weighted by Gasteiger charge is 2.25. The van der Waals surface area contributed by atoms with E-state index in [0.717, 1.165) is 22.4 Å². The Kier molecular flexibility index (Phi) is 6.03. The fourth-order valence-corrected chi connectivity index (χ4v) is 14.3. The summed E-state index contributed by atoms with van der Waals surface area (Å²) < 4.78 is 17.9. The van der Waals surface area contributed by atoms with Crippen molar-refractivity contribution in [3.05, 3.63) is 152 Å². The number of aromatic nitrogens is 5. The Hall–Kier alpha value is -6.36. The van der Waals surface area contributed by atoms with Gasteiger partial charge in [-0.15, -0.1) is 45.3 Å². The van der Waals surface area contributed by atoms with E-state index in [4.69, 9.17) is 9.97 Å². The molecule has 8 heterocycles. The van der Waals surface area contributed by atoms with Gasteiger partial charge in [0.2, 0.25) is 5.95 Å². The van der Waals surface area contributed by atoms with Crippen molar-refractivity contribution in [3.63, 3.8) is 0 Å². The van der Waals surface area contributed by atoms with E-state index in [1.807, 2.05) is 63.8 Å².